The summed E-state index contributed by atoms with van der Waals surface area (Å²) >= 11 is 0. The number of anilines is 2. The van der Waals surface area contributed by atoms with E-state index in [0.29, 0.717) is 36.8 Å². The van der Waals surface area contributed by atoms with E-state index in [1.807, 2.05) is 53.4 Å². The maximum Gasteiger partial charge on any atom is 0.257 e. The molecule has 8 heteroatoms. The van der Waals surface area contributed by atoms with Crippen molar-refractivity contribution in [2.45, 2.75) is 13.0 Å². The van der Waals surface area contributed by atoms with Crippen molar-refractivity contribution in [2.75, 3.05) is 39.2 Å². The number of piperazine rings is 1. The van der Waals surface area contributed by atoms with Gasteiger partial charge in [-0.1, -0.05) is 18.2 Å². The van der Waals surface area contributed by atoms with Crippen LogP contribution in [0.25, 0.3) is 0 Å². The second kappa shape index (κ2) is 10.2. The van der Waals surface area contributed by atoms with Gasteiger partial charge in [0.05, 0.1) is 25.8 Å². The Morgan fingerprint density at radius 1 is 0.971 bits per heavy atom. The highest BCUT2D eigenvalue weighted by Gasteiger charge is 2.33. The van der Waals surface area contributed by atoms with Gasteiger partial charge in [0.15, 0.2) is 0 Å². The molecule has 1 saturated heterocycles. The smallest absolute Gasteiger partial charge is 0.257 e. The number of pyridine rings is 1. The molecule has 176 valence electrons. The Kier molecular flexibility index (Phi) is 6.96. The number of carbonyl (C=O) groups excluding carboxylic acids is 2. The lowest BCUT2D eigenvalue weighted by Gasteiger charge is -2.41. The van der Waals surface area contributed by atoms with Gasteiger partial charge in [-0.3, -0.25) is 9.59 Å². The van der Waals surface area contributed by atoms with E-state index >= 15 is 0 Å². The van der Waals surface area contributed by atoms with Crippen LogP contribution in [-0.2, 0) is 4.79 Å². The summed E-state index contributed by atoms with van der Waals surface area (Å²) in [5, 5.41) is 3.23. The van der Waals surface area contributed by atoms with Gasteiger partial charge in [-0.05, 0) is 42.0 Å². The summed E-state index contributed by atoms with van der Waals surface area (Å²) in [4.78, 5) is 33.9. The molecule has 0 spiro atoms. The quantitative estimate of drug-likeness (QED) is 0.601. The Labute approximate surface area is 199 Å². The summed E-state index contributed by atoms with van der Waals surface area (Å²) in [6, 6.07) is 18.3. The number of hydrogen-bond acceptors (Lipinski definition) is 6. The van der Waals surface area contributed by atoms with E-state index in [4.69, 9.17) is 9.47 Å². The number of benzene rings is 2. The molecule has 4 rings (SSSR count). The maximum atomic E-state index is 13.6. The van der Waals surface area contributed by atoms with Crippen molar-refractivity contribution in [3.63, 3.8) is 0 Å². The minimum absolute atomic E-state index is 0.0188. The highest BCUT2D eigenvalue weighted by molar-refractivity contribution is 5.99. The Balaban J connectivity index is 1.58. The Morgan fingerprint density at radius 2 is 1.74 bits per heavy atom. The molecule has 1 fully saturated rings. The van der Waals surface area contributed by atoms with Gasteiger partial charge < -0.3 is 24.6 Å². The highest BCUT2D eigenvalue weighted by atomic mass is 16.5. The largest absolute Gasteiger partial charge is 0.497 e. The summed E-state index contributed by atoms with van der Waals surface area (Å²) in [5.41, 5.74) is 2.19. The Morgan fingerprint density at radius 3 is 2.44 bits per heavy atom. The third-order valence-electron chi connectivity index (χ3n) is 5.94. The van der Waals surface area contributed by atoms with Crippen LogP contribution in [0.3, 0.4) is 0 Å². The van der Waals surface area contributed by atoms with Gasteiger partial charge in [0.1, 0.15) is 17.3 Å². The zero-order valence-electron chi connectivity index (χ0n) is 19.5. The van der Waals surface area contributed by atoms with Crippen LogP contribution < -0.4 is 14.8 Å². The van der Waals surface area contributed by atoms with E-state index in [0.717, 1.165) is 17.0 Å². The van der Waals surface area contributed by atoms with E-state index in [1.54, 1.807) is 44.4 Å². The summed E-state index contributed by atoms with van der Waals surface area (Å²) < 4.78 is 10.5. The zero-order chi connectivity index (χ0) is 24.1. The van der Waals surface area contributed by atoms with Crippen molar-refractivity contribution in [3.8, 4) is 11.5 Å². The van der Waals surface area contributed by atoms with Gasteiger partial charge in [-0.25, -0.2) is 4.98 Å². The van der Waals surface area contributed by atoms with Crippen LogP contribution in [0.5, 0.6) is 11.5 Å². The van der Waals surface area contributed by atoms with Crippen LogP contribution in [-0.4, -0.2) is 60.5 Å². The first-order valence-corrected chi connectivity index (χ1v) is 11.1. The average Bonchev–Trinajstić information content (AvgIpc) is 2.88. The summed E-state index contributed by atoms with van der Waals surface area (Å²) in [7, 11) is 3.22. The van der Waals surface area contributed by atoms with E-state index in [1.165, 1.54) is 0 Å². The van der Waals surface area contributed by atoms with Crippen molar-refractivity contribution in [2.24, 2.45) is 0 Å². The van der Waals surface area contributed by atoms with Crippen molar-refractivity contribution in [1.82, 2.24) is 14.8 Å². The fourth-order valence-electron chi connectivity index (χ4n) is 4.14. The predicted molar refractivity (Wildman–Crippen MR) is 130 cm³/mol. The number of hydrogen-bond donors (Lipinski definition) is 1. The molecule has 2 amide bonds. The summed E-state index contributed by atoms with van der Waals surface area (Å²) in [5.74, 6) is 1.76. The number of amides is 2. The molecule has 0 aliphatic carbocycles. The summed E-state index contributed by atoms with van der Waals surface area (Å²) in [6.07, 6.45) is 1.65. The normalized spacial score (nSPS) is 15.6. The van der Waals surface area contributed by atoms with Crippen LogP contribution in [0.15, 0.2) is 66.9 Å². The number of methoxy groups -OCH3 is 2. The van der Waals surface area contributed by atoms with Crippen LogP contribution >= 0.6 is 0 Å². The minimum Gasteiger partial charge on any atom is -0.497 e. The molecule has 0 bridgehead atoms. The lowest BCUT2D eigenvalue weighted by Crippen LogP contribution is -2.51. The standard InChI is InChI=1S/C26H28N4O4/c1-18(31)30-15-14-29(17-24(30)19-9-11-21(33-2)12-10-19)26(32)23-8-5-13-27-25(23)28-20-6-4-7-22(16-20)34-3/h4-13,16,24H,14-15,17H2,1-3H3,(H,27,28)/t24-/m0/s1. The monoisotopic (exact) mass is 460 g/mol. The van der Waals surface area contributed by atoms with Gasteiger partial charge in [-0.15, -0.1) is 0 Å². The Hall–Kier alpha value is -4.07. The lowest BCUT2D eigenvalue weighted by atomic mass is 10.0. The molecule has 0 unspecified atom stereocenters. The van der Waals surface area contributed by atoms with Crippen molar-refractivity contribution >= 4 is 23.3 Å². The first-order chi connectivity index (χ1) is 16.5. The highest BCUT2D eigenvalue weighted by Crippen LogP contribution is 2.29. The van der Waals surface area contributed by atoms with E-state index in [9.17, 15) is 9.59 Å². The van der Waals surface area contributed by atoms with Gasteiger partial charge in [0.25, 0.3) is 5.91 Å². The second-order valence-corrected chi connectivity index (χ2v) is 8.01. The molecule has 2 heterocycles. The topological polar surface area (TPSA) is 84.0 Å². The molecule has 1 aromatic heterocycles. The Bertz CT molecular complexity index is 1170. The van der Waals surface area contributed by atoms with Crippen molar-refractivity contribution in [1.29, 1.82) is 0 Å². The van der Waals surface area contributed by atoms with Crippen molar-refractivity contribution < 1.29 is 19.1 Å². The molecule has 0 radical (unpaired) electrons. The number of ether oxygens (including phenoxy) is 2. The zero-order valence-corrected chi connectivity index (χ0v) is 19.5. The third-order valence-corrected chi connectivity index (χ3v) is 5.94. The van der Waals surface area contributed by atoms with Crippen molar-refractivity contribution in [3.05, 3.63) is 78.0 Å². The number of rotatable bonds is 6. The fourth-order valence-corrected chi connectivity index (χ4v) is 4.14. The molecular formula is C26H28N4O4. The second-order valence-electron chi connectivity index (χ2n) is 8.01. The molecule has 1 N–H and O–H groups in total. The maximum absolute atomic E-state index is 13.6. The summed E-state index contributed by atoms with van der Waals surface area (Å²) in [6.45, 7) is 2.85. The minimum atomic E-state index is -0.243. The molecule has 2 aromatic carbocycles. The molecule has 1 atom stereocenters. The molecule has 8 nitrogen and oxygen atoms in total. The van der Waals surface area contributed by atoms with Crippen LogP contribution in [0.4, 0.5) is 11.5 Å². The van der Waals surface area contributed by atoms with Gasteiger partial charge in [0, 0.05) is 44.5 Å². The van der Waals surface area contributed by atoms with Gasteiger partial charge in [-0.2, -0.15) is 0 Å². The number of nitrogens with zero attached hydrogens (tertiary/aromatic N) is 3. The molecular weight excluding hydrogens is 432 g/mol. The predicted octanol–water partition coefficient (Wildman–Crippen LogP) is 3.89. The SMILES string of the molecule is COc1ccc([C@@H]2CN(C(=O)c3cccnc3Nc3cccc(OC)c3)CCN2C(C)=O)cc1. The third kappa shape index (κ3) is 4.96. The molecule has 34 heavy (non-hydrogen) atoms. The van der Waals surface area contributed by atoms with E-state index < -0.39 is 0 Å². The average molecular weight is 461 g/mol. The first kappa shape index (κ1) is 23.1. The number of nitrogens with one attached hydrogen (secondary N) is 1. The number of aromatic nitrogens is 1. The van der Waals surface area contributed by atoms with Crippen LogP contribution in [0.2, 0.25) is 0 Å². The number of carbonyl (C=O) groups is 2. The van der Waals surface area contributed by atoms with Gasteiger partial charge in [0.2, 0.25) is 5.91 Å². The van der Waals surface area contributed by atoms with Crippen LogP contribution in [0, 0.1) is 0 Å². The van der Waals surface area contributed by atoms with E-state index in [-0.39, 0.29) is 17.9 Å². The van der Waals surface area contributed by atoms with Crippen LogP contribution in [0.1, 0.15) is 28.9 Å². The molecule has 0 saturated carbocycles. The molecule has 1 aliphatic rings. The molecule has 3 aromatic rings. The molecule has 1 aliphatic heterocycles. The van der Waals surface area contributed by atoms with E-state index in [2.05, 4.69) is 10.3 Å². The van der Waals surface area contributed by atoms with Gasteiger partial charge >= 0.3 is 0 Å². The fraction of sp³-hybridized carbons (Fsp3) is 0.269. The first-order valence-electron chi connectivity index (χ1n) is 11.1. The lowest BCUT2D eigenvalue weighted by molar-refractivity contribution is -0.133.